The Morgan fingerprint density at radius 1 is 1.47 bits per heavy atom. The van der Waals surface area contributed by atoms with E-state index in [1.54, 1.807) is 18.7 Å². The summed E-state index contributed by atoms with van der Waals surface area (Å²) in [5.41, 5.74) is 0. The second-order valence-electron chi connectivity index (χ2n) is 4.51. The third-order valence-electron chi connectivity index (χ3n) is 3.52. The molecule has 0 aromatic heterocycles. The third kappa shape index (κ3) is 2.78. The van der Waals surface area contributed by atoms with E-state index >= 15 is 0 Å². The molecule has 100 valence electrons. The molecule has 0 spiro atoms. The van der Waals surface area contributed by atoms with Gasteiger partial charge in [0.05, 0.1) is 12.1 Å². The van der Waals surface area contributed by atoms with Gasteiger partial charge in [-0.2, -0.15) is 11.8 Å². The van der Waals surface area contributed by atoms with E-state index in [1.165, 1.54) is 0 Å². The Bertz CT molecular complexity index is 361. The van der Waals surface area contributed by atoms with Crippen molar-refractivity contribution in [3.05, 3.63) is 0 Å². The highest BCUT2D eigenvalue weighted by Gasteiger charge is 2.40. The topological polar surface area (TPSA) is 69.6 Å². The zero-order chi connectivity index (χ0) is 12.5. The standard InChI is InChI=1S/C10H20N2O3S2/c1-2-17(14,15)10-7-16-4-3-12(10)8-5-11-6-9(8)13/h8-11,13H,2-7H2,1H3. The maximum absolute atomic E-state index is 12.1. The average Bonchev–Trinajstić information content (AvgIpc) is 2.75. The van der Waals surface area contributed by atoms with E-state index in [4.69, 9.17) is 0 Å². The Hall–Kier alpha value is 0.180. The molecule has 0 amide bonds. The molecule has 17 heavy (non-hydrogen) atoms. The minimum Gasteiger partial charge on any atom is -0.390 e. The summed E-state index contributed by atoms with van der Waals surface area (Å²) in [5.74, 6) is 1.74. The van der Waals surface area contributed by atoms with Crippen molar-refractivity contribution in [2.75, 3.05) is 36.9 Å². The van der Waals surface area contributed by atoms with E-state index < -0.39 is 21.3 Å². The summed E-state index contributed by atoms with van der Waals surface area (Å²) in [6.07, 6.45) is -0.451. The Morgan fingerprint density at radius 3 is 2.82 bits per heavy atom. The van der Waals surface area contributed by atoms with E-state index in [0.717, 1.165) is 12.3 Å². The van der Waals surface area contributed by atoms with Crippen molar-refractivity contribution in [2.45, 2.75) is 24.4 Å². The third-order valence-corrected chi connectivity index (χ3v) is 6.82. The molecule has 0 aromatic carbocycles. The zero-order valence-electron chi connectivity index (χ0n) is 10.0. The molecular weight excluding hydrogens is 260 g/mol. The molecule has 2 saturated heterocycles. The lowest BCUT2D eigenvalue weighted by Gasteiger charge is -2.39. The first kappa shape index (κ1) is 13.6. The molecule has 7 heteroatoms. The summed E-state index contributed by atoms with van der Waals surface area (Å²) in [7, 11) is -3.07. The Morgan fingerprint density at radius 2 is 2.24 bits per heavy atom. The summed E-state index contributed by atoms with van der Waals surface area (Å²) in [5, 5.41) is 12.6. The number of sulfone groups is 1. The average molecular weight is 280 g/mol. The lowest BCUT2D eigenvalue weighted by molar-refractivity contribution is 0.0806. The molecular formula is C10H20N2O3S2. The summed E-state index contributed by atoms with van der Waals surface area (Å²) in [6.45, 7) is 3.68. The van der Waals surface area contributed by atoms with Crippen LogP contribution in [0.5, 0.6) is 0 Å². The number of rotatable bonds is 3. The van der Waals surface area contributed by atoms with Crippen LogP contribution in [0, 0.1) is 0 Å². The second kappa shape index (κ2) is 5.44. The fourth-order valence-electron chi connectivity index (χ4n) is 2.47. The molecule has 2 aliphatic heterocycles. The van der Waals surface area contributed by atoms with Crippen LogP contribution in [0.15, 0.2) is 0 Å². The summed E-state index contributed by atoms with van der Waals surface area (Å²) >= 11 is 1.69. The Kier molecular flexibility index (Phi) is 4.35. The SMILES string of the molecule is CCS(=O)(=O)C1CSCCN1C1CNCC1O. The van der Waals surface area contributed by atoms with Gasteiger partial charge in [-0.1, -0.05) is 6.92 Å². The molecule has 3 unspecified atom stereocenters. The molecule has 2 N–H and O–H groups in total. The molecule has 2 aliphatic rings. The van der Waals surface area contributed by atoms with E-state index in [1.807, 2.05) is 4.90 Å². The number of aliphatic hydroxyl groups is 1. The number of nitrogens with one attached hydrogen (secondary N) is 1. The number of hydrogen-bond donors (Lipinski definition) is 2. The normalized spacial score (nSPS) is 36.2. The Labute approximate surface area is 107 Å². The van der Waals surface area contributed by atoms with Crippen molar-refractivity contribution < 1.29 is 13.5 Å². The minimum atomic E-state index is -3.07. The summed E-state index contributed by atoms with van der Waals surface area (Å²) in [4.78, 5) is 1.99. The van der Waals surface area contributed by atoms with Crippen LogP contribution >= 0.6 is 11.8 Å². The van der Waals surface area contributed by atoms with E-state index in [9.17, 15) is 13.5 Å². The van der Waals surface area contributed by atoms with E-state index in [0.29, 0.717) is 18.8 Å². The summed E-state index contributed by atoms with van der Waals surface area (Å²) < 4.78 is 24.1. The van der Waals surface area contributed by atoms with Crippen LogP contribution in [0.1, 0.15) is 6.92 Å². The van der Waals surface area contributed by atoms with Crippen molar-refractivity contribution in [3.8, 4) is 0 Å². The van der Waals surface area contributed by atoms with Gasteiger partial charge in [0.15, 0.2) is 9.84 Å². The van der Waals surface area contributed by atoms with Gasteiger partial charge in [-0.05, 0) is 0 Å². The number of thioether (sulfide) groups is 1. The van der Waals surface area contributed by atoms with E-state index in [-0.39, 0.29) is 11.8 Å². The van der Waals surface area contributed by atoms with Crippen molar-refractivity contribution in [2.24, 2.45) is 0 Å². The molecule has 2 heterocycles. The summed E-state index contributed by atoms with van der Waals surface area (Å²) in [6, 6.07) is -0.0535. The smallest absolute Gasteiger partial charge is 0.166 e. The quantitative estimate of drug-likeness (QED) is 0.700. The van der Waals surface area contributed by atoms with Gasteiger partial charge in [0, 0.05) is 36.9 Å². The van der Waals surface area contributed by atoms with Crippen molar-refractivity contribution in [1.82, 2.24) is 10.2 Å². The molecule has 2 rings (SSSR count). The van der Waals surface area contributed by atoms with Gasteiger partial charge in [0.1, 0.15) is 5.37 Å². The molecule has 5 nitrogen and oxygen atoms in total. The number of aliphatic hydroxyl groups excluding tert-OH is 1. The van der Waals surface area contributed by atoms with Crippen molar-refractivity contribution in [1.29, 1.82) is 0 Å². The van der Waals surface area contributed by atoms with Crippen LogP contribution in [-0.2, 0) is 9.84 Å². The van der Waals surface area contributed by atoms with Gasteiger partial charge in [0.25, 0.3) is 0 Å². The van der Waals surface area contributed by atoms with Crippen LogP contribution in [-0.4, -0.2) is 72.8 Å². The number of hydrogen-bond acceptors (Lipinski definition) is 6. The van der Waals surface area contributed by atoms with Crippen molar-refractivity contribution >= 4 is 21.6 Å². The first-order valence-corrected chi connectivity index (χ1v) is 8.87. The van der Waals surface area contributed by atoms with Crippen LogP contribution in [0.25, 0.3) is 0 Å². The zero-order valence-corrected chi connectivity index (χ0v) is 11.6. The van der Waals surface area contributed by atoms with E-state index in [2.05, 4.69) is 5.32 Å². The highest BCUT2D eigenvalue weighted by atomic mass is 32.2. The van der Waals surface area contributed by atoms with Gasteiger partial charge in [-0.25, -0.2) is 8.42 Å². The fraction of sp³-hybridized carbons (Fsp3) is 1.00. The second-order valence-corrected chi connectivity index (χ2v) is 8.11. The molecule has 0 radical (unpaired) electrons. The lowest BCUT2D eigenvalue weighted by atomic mass is 10.2. The maximum atomic E-state index is 12.1. The molecule has 0 saturated carbocycles. The monoisotopic (exact) mass is 280 g/mol. The number of β-amino-alcohol motifs (C(OH)–C–C–N with tert-alkyl or cyclic N) is 1. The molecule has 0 aromatic rings. The lowest BCUT2D eigenvalue weighted by Crippen LogP contribution is -2.56. The highest BCUT2D eigenvalue weighted by Crippen LogP contribution is 2.25. The first-order chi connectivity index (χ1) is 8.06. The fourth-order valence-corrected chi connectivity index (χ4v) is 5.54. The van der Waals surface area contributed by atoms with Crippen LogP contribution in [0.4, 0.5) is 0 Å². The van der Waals surface area contributed by atoms with Crippen LogP contribution in [0.3, 0.4) is 0 Å². The predicted octanol–water partition coefficient (Wildman–Crippen LogP) is -0.871. The largest absolute Gasteiger partial charge is 0.390 e. The van der Waals surface area contributed by atoms with Gasteiger partial charge in [-0.15, -0.1) is 0 Å². The van der Waals surface area contributed by atoms with Gasteiger partial charge < -0.3 is 10.4 Å². The number of nitrogens with zero attached hydrogens (tertiary/aromatic N) is 1. The van der Waals surface area contributed by atoms with Gasteiger partial charge >= 0.3 is 0 Å². The van der Waals surface area contributed by atoms with Gasteiger partial charge in [0.2, 0.25) is 0 Å². The predicted molar refractivity (Wildman–Crippen MR) is 69.9 cm³/mol. The van der Waals surface area contributed by atoms with Crippen LogP contribution in [0.2, 0.25) is 0 Å². The highest BCUT2D eigenvalue weighted by molar-refractivity contribution is 8.01. The molecule has 0 bridgehead atoms. The van der Waals surface area contributed by atoms with Crippen molar-refractivity contribution in [3.63, 3.8) is 0 Å². The van der Waals surface area contributed by atoms with Gasteiger partial charge in [-0.3, -0.25) is 4.90 Å². The molecule has 2 fully saturated rings. The maximum Gasteiger partial charge on any atom is 0.166 e. The molecule has 3 atom stereocenters. The minimum absolute atomic E-state index is 0.0535. The first-order valence-electron chi connectivity index (χ1n) is 6.00. The molecule has 0 aliphatic carbocycles. The van der Waals surface area contributed by atoms with Crippen LogP contribution < -0.4 is 5.32 Å². The Balaban J connectivity index is 2.17.